The maximum Gasteiger partial charge on any atom is 0.249 e. The molecule has 1 aromatic carbocycles. The maximum atomic E-state index is 13.0. The molecular weight excluding hydrogens is 352 g/mol. The molecule has 7 nitrogen and oxygen atoms in total. The number of likely N-dealkylation sites (tertiary alicyclic amines) is 1. The SMILES string of the molecule is Cc1noc([C@H]2CCCCN2C(=O)CN2C(=O)CSc3ccccc32)n1. The number of rotatable bonds is 3. The number of aromatic nitrogens is 2. The Bertz CT molecular complexity index is 837. The van der Waals surface area contributed by atoms with E-state index in [0.717, 1.165) is 29.8 Å². The smallest absolute Gasteiger partial charge is 0.249 e. The molecule has 1 aromatic heterocycles. The number of carbonyl (C=O) groups excluding carboxylic acids is 2. The van der Waals surface area contributed by atoms with Gasteiger partial charge in [0.2, 0.25) is 17.7 Å². The lowest BCUT2D eigenvalue weighted by Crippen LogP contribution is -2.47. The van der Waals surface area contributed by atoms with Gasteiger partial charge in [0.15, 0.2) is 5.82 Å². The predicted molar refractivity (Wildman–Crippen MR) is 96.9 cm³/mol. The van der Waals surface area contributed by atoms with Gasteiger partial charge in [-0.15, -0.1) is 11.8 Å². The summed E-state index contributed by atoms with van der Waals surface area (Å²) < 4.78 is 5.31. The zero-order valence-electron chi connectivity index (χ0n) is 14.6. The minimum Gasteiger partial charge on any atom is -0.337 e. The quantitative estimate of drug-likeness (QED) is 0.824. The maximum absolute atomic E-state index is 13.0. The van der Waals surface area contributed by atoms with E-state index in [2.05, 4.69) is 10.1 Å². The molecule has 0 unspecified atom stereocenters. The molecule has 0 aliphatic carbocycles. The first kappa shape index (κ1) is 17.1. The topological polar surface area (TPSA) is 79.5 Å². The van der Waals surface area contributed by atoms with Crippen LogP contribution in [-0.4, -0.2) is 45.7 Å². The van der Waals surface area contributed by atoms with E-state index in [9.17, 15) is 9.59 Å². The third kappa shape index (κ3) is 3.21. The van der Waals surface area contributed by atoms with Gasteiger partial charge in [-0.1, -0.05) is 17.3 Å². The van der Waals surface area contributed by atoms with Crippen molar-refractivity contribution in [3.63, 3.8) is 0 Å². The fourth-order valence-corrected chi connectivity index (χ4v) is 4.42. The number of piperidine rings is 1. The highest BCUT2D eigenvalue weighted by molar-refractivity contribution is 8.00. The van der Waals surface area contributed by atoms with Crippen LogP contribution in [-0.2, 0) is 9.59 Å². The van der Waals surface area contributed by atoms with Crippen LogP contribution in [0.25, 0.3) is 0 Å². The standard InChI is InChI=1S/C18H20N4O3S/c1-12-19-18(25-20-12)14-7-4-5-9-21(14)16(23)10-22-13-6-2-3-8-15(13)26-11-17(22)24/h2-3,6,8,14H,4-5,7,9-11H2,1H3/t14-/m1/s1. The van der Waals surface area contributed by atoms with Gasteiger partial charge in [-0.05, 0) is 38.3 Å². The average molecular weight is 372 g/mol. The number of benzene rings is 1. The number of hydrogen-bond acceptors (Lipinski definition) is 6. The molecule has 26 heavy (non-hydrogen) atoms. The number of amides is 2. The van der Waals surface area contributed by atoms with E-state index in [1.807, 2.05) is 24.3 Å². The number of carbonyl (C=O) groups is 2. The normalized spacial score (nSPS) is 20.2. The number of thioether (sulfide) groups is 1. The third-order valence-corrected chi connectivity index (χ3v) is 5.80. The van der Waals surface area contributed by atoms with Gasteiger partial charge >= 0.3 is 0 Å². The molecular formula is C18H20N4O3S. The van der Waals surface area contributed by atoms with Crippen molar-refractivity contribution in [2.45, 2.75) is 37.1 Å². The van der Waals surface area contributed by atoms with Crippen LogP contribution in [0.4, 0.5) is 5.69 Å². The molecule has 0 N–H and O–H groups in total. The van der Waals surface area contributed by atoms with Gasteiger partial charge < -0.3 is 14.3 Å². The van der Waals surface area contributed by atoms with Crippen molar-refractivity contribution < 1.29 is 14.1 Å². The van der Waals surface area contributed by atoms with Gasteiger partial charge in [0.1, 0.15) is 12.6 Å². The first-order valence-corrected chi connectivity index (χ1v) is 9.74. The summed E-state index contributed by atoms with van der Waals surface area (Å²) in [6.45, 7) is 2.45. The summed E-state index contributed by atoms with van der Waals surface area (Å²) in [4.78, 5) is 34.2. The fraction of sp³-hybridized carbons (Fsp3) is 0.444. The van der Waals surface area contributed by atoms with Crippen LogP contribution in [0, 0.1) is 6.92 Å². The van der Waals surface area contributed by atoms with Crippen LogP contribution in [0.2, 0.25) is 0 Å². The molecule has 136 valence electrons. The second-order valence-corrected chi connectivity index (χ2v) is 7.53. The summed E-state index contributed by atoms with van der Waals surface area (Å²) in [6.07, 6.45) is 2.75. The molecule has 0 radical (unpaired) electrons. The number of anilines is 1. The van der Waals surface area contributed by atoms with Crippen LogP contribution in [0.5, 0.6) is 0 Å². The van der Waals surface area contributed by atoms with Gasteiger partial charge in [-0.3, -0.25) is 9.59 Å². The van der Waals surface area contributed by atoms with Gasteiger partial charge in [-0.2, -0.15) is 4.98 Å². The molecule has 4 rings (SSSR count). The van der Waals surface area contributed by atoms with Gasteiger partial charge in [0, 0.05) is 11.4 Å². The Kier molecular flexibility index (Phi) is 4.67. The van der Waals surface area contributed by atoms with Crippen molar-refractivity contribution in [1.29, 1.82) is 0 Å². The Morgan fingerprint density at radius 2 is 2.19 bits per heavy atom. The first-order chi connectivity index (χ1) is 12.6. The van der Waals surface area contributed by atoms with E-state index in [4.69, 9.17) is 4.52 Å². The number of hydrogen-bond donors (Lipinski definition) is 0. The fourth-order valence-electron chi connectivity index (χ4n) is 3.49. The molecule has 0 spiro atoms. The molecule has 3 heterocycles. The zero-order valence-corrected chi connectivity index (χ0v) is 15.4. The molecule has 8 heteroatoms. The zero-order chi connectivity index (χ0) is 18.1. The number of fused-ring (bicyclic) bond motifs is 1. The predicted octanol–water partition coefficient (Wildman–Crippen LogP) is 2.57. The highest BCUT2D eigenvalue weighted by Crippen LogP contribution is 2.35. The van der Waals surface area contributed by atoms with E-state index in [1.54, 1.807) is 16.7 Å². The second kappa shape index (κ2) is 7.11. The Morgan fingerprint density at radius 1 is 1.35 bits per heavy atom. The number of aryl methyl sites for hydroxylation is 1. The Hall–Kier alpha value is -2.35. The average Bonchev–Trinajstić information content (AvgIpc) is 3.10. The molecule has 2 aliphatic rings. The second-order valence-electron chi connectivity index (χ2n) is 6.51. The summed E-state index contributed by atoms with van der Waals surface area (Å²) in [6, 6.07) is 7.50. The van der Waals surface area contributed by atoms with Crippen LogP contribution >= 0.6 is 11.8 Å². The van der Waals surface area contributed by atoms with E-state index in [1.165, 1.54) is 11.8 Å². The van der Waals surface area contributed by atoms with Crippen molar-refractivity contribution in [2.24, 2.45) is 0 Å². The van der Waals surface area contributed by atoms with Crippen molar-refractivity contribution in [1.82, 2.24) is 15.0 Å². The van der Waals surface area contributed by atoms with Crippen molar-refractivity contribution >= 4 is 29.3 Å². The molecule has 2 aliphatic heterocycles. The summed E-state index contributed by atoms with van der Waals surface area (Å²) in [5, 5.41) is 3.85. The lowest BCUT2D eigenvalue weighted by atomic mass is 10.0. The van der Waals surface area contributed by atoms with E-state index >= 15 is 0 Å². The van der Waals surface area contributed by atoms with Crippen molar-refractivity contribution in [2.75, 3.05) is 23.7 Å². The van der Waals surface area contributed by atoms with Crippen LogP contribution < -0.4 is 4.90 Å². The first-order valence-electron chi connectivity index (χ1n) is 8.75. The highest BCUT2D eigenvalue weighted by atomic mass is 32.2. The third-order valence-electron chi connectivity index (χ3n) is 4.75. The minimum atomic E-state index is -0.207. The molecule has 1 fully saturated rings. The van der Waals surface area contributed by atoms with Gasteiger partial charge in [0.25, 0.3) is 0 Å². The van der Waals surface area contributed by atoms with E-state index < -0.39 is 0 Å². The van der Waals surface area contributed by atoms with Crippen LogP contribution in [0.1, 0.15) is 37.0 Å². The van der Waals surface area contributed by atoms with E-state index in [0.29, 0.717) is 24.0 Å². The molecule has 0 bridgehead atoms. The Morgan fingerprint density at radius 3 is 3.00 bits per heavy atom. The van der Waals surface area contributed by atoms with E-state index in [-0.39, 0.29) is 24.4 Å². The molecule has 2 amide bonds. The Balaban J connectivity index is 1.56. The van der Waals surface area contributed by atoms with Crippen molar-refractivity contribution in [3.8, 4) is 0 Å². The van der Waals surface area contributed by atoms with Crippen molar-refractivity contribution in [3.05, 3.63) is 36.0 Å². The lowest BCUT2D eigenvalue weighted by molar-refractivity contribution is -0.135. The molecule has 2 aromatic rings. The highest BCUT2D eigenvalue weighted by Gasteiger charge is 2.34. The number of nitrogens with zero attached hydrogens (tertiary/aromatic N) is 4. The number of para-hydroxylation sites is 1. The van der Waals surface area contributed by atoms with Gasteiger partial charge in [0.05, 0.1) is 11.4 Å². The summed E-state index contributed by atoms with van der Waals surface area (Å²) in [5.41, 5.74) is 0.810. The Labute approximate surface area is 155 Å². The molecule has 0 saturated carbocycles. The monoisotopic (exact) mass is 372 g/mol. The summed E-state index contributed by atoms with van der Waals surface area (Å²) in [7, 11) is 0. The largest absolute Gasteiger partial charge is 0.337 e. The lowest BCUT2D eigenvalue weighted by Gasteiger charge is -2.36. The molecule has 1 atom stereocenters. The summed E-state index contributed by atoms with van der Waals surface area (Å²) in [5.74, 6) is 1.28. The van der Waals surface area contributed by atoms with Crippen LogP contribution in [0.15, 0.2) is 33.7 Å². The summed E-state index contributed by atoms with van der Waals surface area (Å²) >= 11 is 1.51. The minimum absolute atomic E-state index is 0.0377. The molecule has 1 saturated heterocycles. The van der Waals surface area contributed by atoms with Gasteiger partial charge in [-0.25, -0.2) is 0 Å². The van der Waals surface area contributed by atoms with Crippen LogP contribution in [0.3, 0.4) is 0 Å².